The first-order valence-electron chi connectivity index (χ1n) is 7.38. The van der Waals surface area contributed by atoms with E-state index in [-0.39, 0.29) is 11.7 Å². The highest BCUT2D eigenvalue weighted by Crippen LogP contribution is 2.18. The SMILES string of the molecule is CC(=O)c1csc(NC(=O)CCc2c(C)nc3ncnn3c2C)n1. The molecule has 9 heteroatoms. The zero-order chi connectivity index (χ0) is 17.3. The molecule has 0 aromatic carbocycles. The number of carbonyl (C=O) groups excluding carboxylic acids is 2. The van der Waals surface area contributed by atoms with Crippen LogP contribution in [0.15, 0.2) is 11.7 Å². The summed E-state index contributed by atoms with van der Waals surface area (Å²) < 4.78 is 1.67. The molecule has 0 radical (unpaired) electrons. The van der Waals surface area contributed by atoms with Crippen LogP contribution in [0.1, 0.15) is 40.8 Å². The summed E-state index contributed by atoms with van der Waals surface area (Å²) in [7, 11) is 0. The van der Waals surface area contributed by atoms with Gasteiger partial charge >= 0.3 is 0 Å². The number of amides is 1. The molecule has 0 saturated heterocycles. The average molecular weight is 344 g/mol. The number of hydrogen-bond donors (Lipinski definition) is 1. The first kappa shape index (κ1) is 16.2. The topological polar surface area (TPSA) is 102 Å². The van der Waals surface area contributed by atoms with Gasteiger partial charge in [0.05, 0.1) is 0 Å². The molecule has 0 bridgehead atoms. The summed E-state index contributed by atoms with van der Waals surface area (Å²) in [5, 5.41) is 8.92. The third-order valence-corrected chi connectivity index (χ3v) is 4.46. The van der Waals surface area contributed by atoms with Crippen molar-refractivity contribution < 1.29 is 9.59 Å². The zero-order valence-corrected chi connectivity index (χ0v) is 14.3. The predicted octanol–water partition coefficient (Wildman–Crippen LogP) is 1.97. The van der Waals surface area contributed by atoms with Gasteiger partial charge in [-0.05, 0) is 25.8 Å². The number of carbonyl (C=O) groups is 2. The van der Waals surface area contributed by atoms with E-state index in [0.29, 0.717) is 29.4 Å². The van der Waals surface area contributed by atoms with Crippen LogP contribution >= 0.6 is 11.3 Å². The maximum absolute atomic E-state index is 12.1. The largest absolute Gasteiger partial charge is 0.302 e. The number of nitrogens with one attached hydrogen (secondary N) is 1. The van der Waals surface area contributed by atoms with Crippen molar-refractivity contribution in [3.8, 4) is 0 Å². The second kappa shape index (κ2) is 6.44. The van der Waals surface area contributed by atoms with Crippen molar-refractivity contribution in [2.75, 3.05) is 5.32 Å². The maximum Gasteiger partial charge on any atom is 0.252 e. The minimum atomic E-state index is -0.156. The van der Waals surface area contributed by atoms with Crippen molar-refractivity contribution in [3.63, 3.8) is 0 Å². The first-order valence-corrected chi connectivity index (χ1v) is 8.26. The summed E-state index contributed by atoms with van der Waals surface area (Å²) >= 11 is 1.24. The molecule has 0 spiro atoms. The molecule has 1 N–H and O–H groups in total. The van der Waals surface area contributed by atoms with Gasteiger partial charge in [0.1, 0.15) is 12.0 Å². The molecule has 0 saturated carbocycles. The lowest BCUT2D eigenvalue weighted by Gasteiger charge is -2.10. The van der Waals surface area contributed by atoms with Crippen LogP contribution in [0.4, 0.5) is 5.13 Å². The minimum Gasteiger partial charge on any atom is -0.302 e. The molecule has 24 heavy (non-hydrogen) atoms. The fraction of sp³-hybridized carbons (Fsp3) is 0.333. The highest BCUT2D eigenvalue weighted by molar-refractivity contribution is 7.14. The van der Waals surface area contributed by atoms with E-state index < -0.39 is 0 Å². The second-order valence-corrected chi connectivity index (χ2v) is 6.23. The molecule has 124 valence electrons. The van der Waals surface area contributed by atoms with E-state index in [2.05, 4.69) is 25.4 Å². The molecule has 3 aromatic heterocycles. The van der Waals surface area contributed by atoms with Crippen LogP contribution < -0.4 is 5.32 Å². The lowest BCUT2D eigenvalue weighted by atomic mass is 10.1. The number of aromatic nitrogens is 5. The first-order chi connectivity index (χ1) is 11.5. The molecule has 0 aliphatic rings. The summed E-state index contributed by atoms with van der Waals surface area (Å²) in [6, 6.07) is 0. The minimum absolute atomic E-state index is 0.120. The van der Waals surface area contributed by atoms with Crippen molar-refractivity contribution in [1.29, 1.82) is 0 Å². The summed E-state index contributed by atoms with van der Waals surface area (Å²) in [5.74, 6) is 0.278. The monoisotopic (exact) mass is 344 g/mol. The lowest BCUT2D eigenvalue weighted by Crippen LogP contribution is -2.14. The fourth-order valence-electron chi connectivity index (χ4n) is 2.43. The number of ketones is 1. The Morgan fingerprint density at radius 2 is 2.08 bits per heavy atom. The molecule has 3 aromatic rings. The van der Waals surface area contributed by atoms with E-state index in [1.165, 1.54) is 24.6 Å². The number of fused-ring (bicyclic) bond motifs is 1. The van der Waals surface area contributed by atoms with Crippen molar-refractivity contribution in [2.45, 2.75) is 33.6 Å². The van der Waals surface area contributed by atoms with Crippen molar-refractivity contribution in [1.82, 2.24) is 24.6 Å². The molecule has 8 nitrogen and oxygen atoms in total. The van der Waals surface area contributed by atoms with Crippen molar-refractivity contribution >= 4 is 33.9 Å². The van der Waals surface area contributed by atoms with E-state index in [1.807, 2.05) is 13.8 Å². The molecule has 3 heterocycles. The molecular formula is C15H16N6O2S. The molecule has 0 atom stereocenters. The normalized spacial score (nSPS) is 11.0. The van der Waals surface area contributed by atoms with Gasteiger partial charge in [-0.1, -0.05) is 0 Å². The van der Waals surface area contributed by atoms with Gasteiger partial charge in [-0.3, -0.25) is 9.59 Å². The van der Waals surface area contributed by atoms with E-state index in [9.17, 15) is 9.59 Å². The molecule has 3 rings (SSSR count). The summed E-state index contributed by atoms with van der Waals surface area (Å²) in [5.41, 5.74) is 3.11. The van der Waals surface area contributed by atoms with Crippen LogP contribution in [0.25, 0.3) is 5.78 Å². The van der Waals surface area contributed by atoms with Crippen molar-refractivity contribution in [2.24, 2.45) is 0 Å². The smallest absolute Gasteiger partial charge is 0.252 e. The Kier molecular flexibility index (Phi) is 4.34. The second-order valence-electron chi connectivity index (χ2n) is 5.38. The quantitative estimate of drug-likeness (QED) is 0.710. The van der Waals surface area contributed by atoms with E-state index in [4.69, 9.17) is 0 Å². The standard InChI is InChI=1S/C15H16N6O2S/c1-8-11(9(2)21-14(18-8)16-7-17-21)4-5-13(23)20-15-19-12(6-24-15)10(3)22/h6-7H,4-5H2,1-3H3,(H,19,20,23). The van der Waals surface area contributed by atoms with Crippen LogP contribution in [-0.4, -0.2) is 36.3 Å². The van der Waals surface area contributed by atoms with Gasteiger partial charge in [0.2, 0.25) is 5.91 Å². The number of nitrogens with zero attached hydrogens (tertiary/aromatic N) is 5. The third-order valence-electron chi connectivity index (χ3n) is 3.70. The summed E-state index contributed by atoms with van der Waals surface area (Å²) in [6.45, 7) is 5.28. The van der Waals surface area contributed by atoms with Crippen LogP contribution in [0, 0.1) is 13.8 Å². The number of rotatable bonds is 5. The van der Waals surface area contributed by atoms with Gasteiger partial charge in [0.15, 0.2) is 10.9 Å². The average Bonchev–Trinajstić information content (AvgIpc) is 3.16. The molecule has 0 unspecified atom stereocenters. The van der Waals surface area contributed by atoms with E-state index in [1.54, 1.807) is 9.90 Å². The zero-order valence-electron chi connectivity index (χ0n) is 13.5. The Hall–Kier alpha value is -2.68. The van der Waals surface area contributed by atoms with Crippen LogP contribution in [0.2, 0.25) is 0 Å². The van der Waals surface area contributed by atoms with Gasteiger partial charge in [-0.25, -0.2) is 14.5 Å². The Morgan fingerprint density at radius 1 is 1.29 bits per heavy atom. The van der Waals surface area contributed by atoms with Gasteiger partial charge in [-0.2, -0.15) is 10.1 Å². The van der Waals surface area contributed by atoms with Crippen LogP contribution in [0.5, 0.6) is 0 Å². The number of thiazole rings is 1. The molecule has 0 fully saturated rings. The number of hydrogen-bond acceptors (Lipinski definition) is 7. The van der Waals surface area contributed by atoms with E-state index in [0.717, 1.165) is 17.0 Å². The fourth-order valence-corrected chi connectivity index (χ4v) is 3.20. The molecule has 1 amide bonds. The molecular weight excluding hydrogens is 328 g/mol. The Labute approximate surface area is 142 Å². The van der Waals surface area contributed by atoms with Gasteiger partial charge in [0.25, 0.3) is 5.78 Å². The highest BCUT2D eigenvalue weighted by Gasteiger charge is 2.14. The predicted molar refractivity (Wildman–Crippen MR) is 89.3 cm³/mol. The highest BCUT2D eigenvalue weighted by atomic mass is 32.1. The van der Waals surface area contributed by atoms with Crippen molar-refractivity contribution in [3.05, 3.63) is 34.4 Å². The Bertz CT molecular complexity index is 929. The summed E-state index contributed by atoms with van der Waals surface area (Å²) in [6.07, 6.45) is 2.29. The van der Waals surface area contributed by atoms with Crippen LogP contribution in [-0.2, 0) is 11.2 Å². The Balaban J connectivity index is 1.68. The van der Waals surface area contributed by atoms with Gasteiger partial charge in [0, 0.05) is 30.1 Å². The van der Waals surface area contributed by atoms with Crippen LogP contribution in [0.3, 0.4) is 0 Å². The number of anilines is 1. The molecule has 0 aliphatic carbocycles. The third kappa shape index (κ3) is 3.16. The number of Topliss-reactive ketones (excluding diaryl/α,β-unsaturated/α-hetero) is 1. The maximum atomic E-state index is 12.1. The van der Waals surface area contributed by atoms with Gasteiger partial charge < -0.3 is 5.32 Å². The Morgan fingerprint density at radius 3 is 2.79 bits per heavy atom. The van der Waals surface area contributed by atoms with E-state index >= 15 is 0 Å². The molecule has 0 aliphatic heterocycles. The summed E-state index contributed by atoms with van der Waals surface area (Å²) in [4.78, 5) is 35.9. The lowest BCUT2D eigenvalue weighted by molar-refractivity contribution is -0.116. The number of aryl methyl sites for hydroxylation is 2. The van der Waals surface area contributed by atoms with Gasteiger partial charge in [-0.15, -0.1) is 11.3 Å².